The van der Waals surface area contributed by atoms with Gasteiger partial charge in [0, 0.05) is 13.0 Å². The molecule has 1 N–H and O–H groups in total. The summed E-state index contributed by atoms with van der Waals surface area (Å²) in [6.45, 7) is 2.38. The van der Waals surface area contributed by atoms with Crippen molar-refractivity contribution < 1.29 is 9.53 Å². The van der Waals surface area contributed by atoms with Crippen LogP contribution in [0.3, 0.4) is 0 Å². The molecule has 126 valence electrons. The topological polar surface area (TPSA) is 65.4 Å². The maximum Gasteiger partial charge on any atom is 0.258 e. The summed E-state index contributed by atoms with van der Waals surface area (Å²) in [5, 5.41) is 12.0. The van der Waals surface area contributed by atoms with E-state index in [-0.39, 0.29) is 5.91 Å². The van der Waals surface area contributed by atoms with E-state index in [0.717, 1.165) is 31.5 Å². The molecule has 5 heteroatoms. The van der Waals surface area contributed by atoms with Crippen molar-refractivity contribution in [3.8, 4) is 11.8 Å². The molecule has 2 aliphatic heterocycles. The molecule has 1 fully saturated rings. The highest BCUT2D eigenvalue weighted by atomic mass is 16.5. The van der Waals surface area contributed by atoms with Crippen molar-refractivity contribution in [2.75, 3.05) is 13.1 Å². The molecule has 5 nitrogen and oxygen atoms in total. The molecule has 0 aromatic heterocycles. The van der Waals surface area contributed by atoms with Crippen molar-refractivity contribution in [1.82, 2.24) is 10.2 Å². The Morgan fingerprint density at radius 3 is 2.80 bits per heavy atom. The van der Waals surface area contributed by atoms with Crippen molar-refractivity contribution in [1.29, 1.82) is 5.26 Å². The van der Waals surface area contributed by atoms with Crippen molar-refractivity contribution in [3.63, 3.8) is 0 Å². The van der Waals surface area contributed by atoms with E-state index in [1.165, 1.54) is 0 Å². The fraction of sp³-hybridized carbons (Fsp3) is 0.300. The number of carbonyl (C=O) groups is 1. The largest absolute Gasteiger partial charge is 0.466 e. The highest BCUT2D eigenvalue weighted by molar-refractivity contribution is 5.98. The minimum absolute atomic E-state index is 0.0675. The number of para-hydroxylation sites is 1. The number of nitrogens with zero attached hydrogens (tertiary/aromatic N) is 2. The Kier molecular flexibility index (Phi) is 3.90. The van der Waals surface area contributed by atoms with E-state index in [4.69, 9.17) is 10.00 Å². The number of likely N-dealkylation sites (tertiary alicyclic amines) is 1. The second kappa shape index (κ2) is 6.23. The highest BCUT2D eigenvalue weighted by Crippen LogP contribution is 2.32. The number of piperidine rings is 1. The third-order valence-corrected chi connectivity index (χ3v) is 4.80. The van der Waals surface area contributed by atoms with Crippen molar-refractivity contribution in [3.05, 3.63) is 65.2 Å². The number of rotatable bonds is 2. The Morgan fingerprint density at radius 2 is 2.00 bits per heavy atom. The van der Waals surface area contributed by atoms with Crippen LogP contribution >= 0.6 is 0 Å². The number of fused-ring (bicyclic) bond motifs is 1. The lowest BCUT2D eigenvalue weighted by atomic mass is 9.97. The Morgan fingerprint density at radius 1 is 1.20 bits per heavy atom. The summed E-state index contributed by atoms with van der Waals surface area (Å²) in [7, 11) is 0. The minimum Gasteiger partial charge on any atom is -0.466 e. The van der Waals surface area contributed by atoms with E-state index in [0.29, 0.717) is 23.4 Å². The molecule has 0 radical (unpaired) electrons. The van der Waals surface area contributed by atoms with E-state index in [1.54, 1.807) is 6.07 Å². The first-order chi connectivity index (χ1) is 12.2. The summed E-state index contributed by atoms with van der Waals surface area (Å²) in [5.74, 6) is 0.591. The fourth-order valence-electron chi connectivity index (χ4n) is 3.62. The zero-order valence-corrected chi connectivity index (χ0v) is 13.9. The first-order valence-corrected chi connectivity index (χ1v) is 8.49. The van der Waals surface area contributed by atoms with Crippen LogP contribution in [0.5, 0.6) is 5.75 Å². The van der Waals surface area contributed by atoms with Gasteiger partial charge in [0.1, 0.15) is 5.75 Å². The van der Waals surface area contributed by atoms with Gasteiger partial charge in [0.25, 0.3) is 5.91 Å². The predicted molar refractivity (Wildman–Crippen MR) is 92.9 cm³/mol. The lowest BCUT2D eigenvalue weighted by Gasteiger charge is -2.45. The maximum absolute atomic E-state index is 12.5. The fourth-order valence-corrected chi connectivity index (χ4v) is 3.62. The molecule has 25 heavy (non-hydrogen) atoms. The van der Waals surface area contributed by atoms with Gasteiger partial charge < -0.3 is 10.1 Å². The van der Waals surface area contributed by atoms with Crippen LogP contribution in [0.25, 0.3) is 0 Å². The van der Waals surface area contributed by atoms with Gasteiger partial charge in [-0.2, -0.15) is 5.26 Å². The van der Waals surface area contributed by atoms with Crippen LogP contribution < -0.4 is 10.1 Å². The van der Waals surface area contributed by atoms with Crippen molar-refractivity contribution in [2.24, 2.45) is 0 Å². The lowest BCUT2D eigenvalue weighted by Crippen LogP contribution is -2.63. The third-order valence-electron chi connectivity index (χ3n) is 4.80. The predicted octanol–water partition coefficient (Wildman–Crippen LogP) is 2.67. The number of nitrogens with one attached hydrogen (secondary N) is 1. The number of hydrogen-bond acceptors (Lipinski definition) is 4. The summed E-state index contributed by atoms with van der Waals surface area (Å²) in [6.07, 6.45) is 1.76. The van der Waals surface area contributed by atoms with Crippen molar-refractivity contribution >= 4 is 5.91 Å². The molecule has 2 aliphatic rings. The highest BCUT2D eigenvalue weighted by Gasteiger charge is 2.43. The summed E-state index contributed by atoms with van der Waals surface area (Å²) in [6, 6.07) is 17.2. The molecule has 1 atom stereocenters. The zero-order chi connectivity index (χ0) is 17.3. The van der Waals surface area contributed by atoms with Gasteiger partial charge >= 0.3 is 0 Å². The second-order valence-corrected chi connectivity index (χ2v) is 6.67. The van der Waals surface area contributed by atoms with E-state index in [2.05, 4.69) is 16.3 Å². The molecule has 1 unspecified atom stereocenters. The van der Waals surface area contributed by atoms with E-state index in [9.17, 15) is 4.79 Å². The van der Waals surface area contributed by atoms with Gasteiger partial charge in [-0.3, -0.25) is 9.69 Å². The molecule has 2 aromatic carbocycles. The molecule has 0 bridgehead atoms. The van der Waals surface area contributed by atoms with E-state index in [1.807, 2.05) is 42.5 Å². The van der Waals surface area contributed by atoms with Crippen LogP contribution in [0.4, 0.5) is 0 Å². The minimum atomic E-state index is -0.656. The monoisotopic (exact) mass is 333 g/mol. The van der Waals surface area contributed by atoms with Gasteiger partial charge in [-0.25, -0.2) is 0 Å². The Bertz CT molecular complexity index is 841. The molecule has 0 aliphatic carbocycles. The molecule has 1 saturated heterocycles. The summed E-state index contributed by atoms with van der Waals surface area (Å²) in [4.78, 5) is 14.7. The number of carbonyl (C=O) groups excluding carboxylic acids is 1. The number of benzene rings is 2. The third kappa shape index (κ3) is 3.09. The van der Waals surface area contributed by atoms with Crippen LogP contribution in [0.15, 0.2) is 48.5 Å². The summed E-state index contributed by atoms with van der Waals surface area (Å²) >= 11 is 0. The van der Waals surface area contributed by atoms with Crippen LogP contribution in [0.1, 0.15) is 34.3 Å². The summed E-state index contributed by atoms with van der Waals surface area (Å²) < 4.78 is 6.22. The molecular formula is C20H19N3O2. The zero-order valence-electron chi connectivity index (χ0n) is 13.9. The molecule has 1 amide bonds. The van der Waals surface area contributed by atoms with Gasteiger partial charge in [0.2, 0.25) is 0 Å². The van der Waals surface area contributed by atoms with Crippen LogP contribution in [-0.2, 0) is 6.54 Å². The molecule has 1 spiro atoms. The van der Waals surface area contributed by atoms with Gasteiger partial charge in [-0.05, 0) is 42.8 Å². The van der Waals surface area contributed by atoms with E-state index >= 15 is 0 Å². The first kappa shape index (κ1) is 15.7. The number of amides is 1. The molecule has 0 saturated carbocycles. The van der Waals surface area contributed by atoms with Gasteiger partial charge in [0.15, 0.2) is 5.72 Å². The van der Waals surface area contributed by atoms with Gasteiger partial charge in [-0.1, -0.05) is 24.3 Å². The first-order valence-electron chi connectivity index (χ1n) is 8.49. The lowest BCUT2D eigenvalue weighted by molar-refractivity contribution is -0.0393. The number of hydrogen-bond donors (Lipinski definition) is 1. The number of nitriles is 1. The molecule has 2 heterocycles. The second-order valence-electron chi connectivity index (χ2n) is 6.67. The Labute approximate surface area is 146 Å². The average molecular weight is 333 g/mol. The SMILES string of the molecule is N#Cc1ccc(CN2CCCC3(C2)NC(=O)c2ccccc2O3)cc1. The molecule has 4 rings (SSSR count). The van der Waals surface area contributed by atoms with Crippen LogP contribution in [0, 0.1) is 11.3 Å². The van der Waals surface area contributed by atoms with Gasteiger partial charge in [0.05, 0.1) is 23.7 Å². The maximum atomic E-state index is 12.5. The molecule has 2 aromatic rings. The van der Waals surface area contributed by atoms with Crippen LogP contribution in [-0.4, -0.2) is 29.6 Å². The quantitative estimate of drug-likeness (QED) is 0.918. The molecular weight excluding hydrogens is 314 g/mol. The standard InChI is InChI=1S/C20H19N3O2/c21-12-15-6-8-16(9-7-15)13-23-11-3-10-20(14-23)22-19(24)17-4-1-2-5-18(17)25-20/h1-2,4-9H,3,10-11,13-14H2,(H,22,24). The normalized spacial score (nSPS) is 22.6. The number of ether oxygens (including phenoxy) is 1. The van der Waals surface area contributed by atoms with Crippen LogP contribution in [0.2, 0.25) is 0 Å². The smallest absolute Gasteiger partial charge is 0.258 e. The Hall–Kier alpha value is -2.84. The summed E-state index contributed by atoms with van der Waals surface area (Å²) in [5.41, 5.74) is 1.75. The Balaban J connectivity index is 1.51. The van der Waals surface area contributed by atoms with Crippen molar-refractivity contribution in [2.45, 2.75) is 25.1 Å². The average Bonchev–Trinajstić information content (AvgIpc) is 2.62. The van der Waals surface area contributed by atoms with Gasteiger partial charge in [-0.15, -0.1) is 0 Å². The van der Waals surface area contributed by atoms with E-state index < -0.39 is 5.72 Å².